The van der Waals surface area contributed by atoms with Crippen molar-refractivity contribution in [2.45, 2.75) is 26.7 Å². The molecule has 0 saturated carbocycles. The number of aromatic nitrogens is 2. The number of halogens is 2. The summed E-state index contributed by atoms with van der Waals surface area (Å²) in [5.41, 5.74) is 2.55. The van der Waals surface area contributed by atoms with Crippen LogP contribution in [0.5, 0.6) is 0 Å². The number of carbonyl (C=O) groups excluding carboxylic acids is 2. The number of amides is 2. The highest BCUT2D eigenvalue weighted by Gasteiger charge is 2.33. The molecule has 2 aromatic rings. The molecule has 8 heteroatoms. The maximum Gasteiger partial charge on any atom is 0.244 e. The topological polar surface area (TPSA) is 67.2 Å². The first-order valence-electron chi connectivity index (χ1n) is 7.81. The van der Waals surface area contributed by atoms with Crippen LogP contribution in [-0.2, 0) is 16.6 Å². The van der Waals surface area contributed by atoms with Crippen molar-refractivity contribution in [2.24, 2.45) is 7.05 Å². The van der Waals surface area contributed by atoms with Gasteiger partial charge in [-0.05, 0) is 20.8 Å². The number of nitrogens with zero attached hydrogens (tertiary/aromatic N) is 3. The minimum Gasteiger partial charge on any atom is -0.323 e. The second kappa shape index (κ2) is 5.94. The summed E-state index contributed by atoms with van der Waals surface area (Å²) in [6, 6.07) is 1.81. The number of fused-ring (bicyclic) bond motifs is 1. The highest BCUT2D eigenvalue weighted by atomic mass is 19.2. The zero-order chi connectivity index (χ0) is 18.5. The van der Waals surface area contributed by atoms with E-state index in [2.05, 4.69) is 10.4 Å². The van der Waals surface area contributed by atoms with E-state index < -0.39 is 23.5 Å². The number of anilines is 2. The fourth-order valence-electron chi connectivity index (χ4n) is 3.25. The monoisotopic (exact) mass is 348 g/mol. The van der Waals surface area contributed by atoms with Crippen LogP contribution < -0.4 is 10.2 Å². The van der Waals surface area contributed by atoms with Crippen LogP contribution in [0.3, 0.4) is 0 Å². The van der Waals surface area contributed by atoms with E-state index in [0.29, 0.717) is 5.69 Å². The molecule has 1 aliphatic rings. The van der Waals surface area contributed by atoms with E-state index in [9.17, 15) is 18.4 Å². The molecule has 0 saturated heterocycles. The van der Waals surface area contributed by atoms with Gasteiger partial charge in [0, 0.05) is 30.4 Å². The van der Waals surface area contributed by atoms with E-state index in [1.807, 2.05) is 6.92 Å². The molecule has 0 bridgehead atoms. The third-order valence-electron chi connectivity index (χ3n) is 4.54. The second-order valence-corrected chi connectivity index (χ2v) is 6.19. The SMILES string of the molecule is Cc1nn(C)c(C)c1C(C)C(=O)N1CC(=O)Nc2cc(F)c(F)cc21. The van der Waals surface area contributed by atoms with Crippen molar-refractivity contribution in [3.05, 3.63) is 40.7 Å². The molecule has 0 radical (unpaired) electrons. The standard InChI is InChI=1S/C17H18F2N4O2/c1-8(16-9(2)21-22(4)10(16)3)17(25)23-7-15(24)20-13-5-11(18)12(19)6-14(13)23/h5-6,8H,7H2,1-4H3,(H,20,24). The van der Waals surface area contributed by atoms with Gasteiger partial charge in [0.05, 0.1) is 23.0 Å². The van der Waals surface area contributed by atoms with Crippen LogP contribution in [0, 0.1) is 25.5 Å². The Kier molecular flexibility index (Phi) is 4.06. The summed E-state index contributed by atoms with van der Waals surface area (Å²) in [4.78, 5) is 26.1. The molecule has 1 N–H and O–H groups in total. The van der Waals surface area contributed by atoms with Gasteiger partial charge in [-0.2, -0.15) is 5.10 Å². The number of carbonyl (C=O) groups is 2. The summed E-state index contributed by atoms with van der Waals surface area (Å²) >= 11 is 0. The van der Waals surface area contributed by atoms with Crippen LogP contribution in [0.2, 0.25) is 0 Å². The van der Waals surface area contributed by atoms with E-state index >= 15 is 0 Å². The van der Waals surface area contributed by atoms with Crippen molar-refractivity contribution in [1.82, 2.24) is 9.78 Å². The molecular weight excluding hydrogens is 330 g/mol. The molecule has 1 atom stereocenters. The lowest BCUT2D eigenvalue weighted by Crippen LogP contribution is -2.44. The fraction of sp³-hybridized carbons (Fsp3) is 0.353. The van der Waals surface area contributed by atoms with E-state index in [1.165, 1.54) is 4.90 Å². The molecule has 1 unspecified atom stereocenters. The van der Waals surface area contributed by atoms with Gasteiger partial charge in [-0.3, -0.25) is 14.3 Å². The van der Waals surface area contributed by atoms with Crippen LogP contribution in [0.25, 0.3) is 0 Å². The number of nitrogens with one attached hydrogen (secondary N) is 1. The predicted molar refractivity (Wildman–Crippen MR) is 88.4 cm³/mol. The smallest absolute Gasteiger partial charge is 0.244 e. The van der Waals surface area contributed by atoms with Crippen molar-refractivity contribution >= 4 is 23.2 Å². The molecule has 3 rings (SSSR count). The molecule has 132 valence electrons. The number of rotatable bonds is 2. The summed E-state index contributed by atoms with van der Waals surface area (Å²) in [7, 11) is 1.78. The van der Waals surface area contributed by atoms with Gasteiger partial charge >= 0.3 is 0 Å². The minimum absolute atomic E-state index is 0.0790. The third-order valence-corrected chi connectivity index (χ3v) is 4.54. The van der Waals surface area contributed by atoms with Crippen LogP contribution in [0.4, 0.5) is 20.2 Å². The zero-order valence-electron chi connectivity index (χ0n) is 14.4. The minimum atomic E-state index is -1.08. The quantitative estimate of drug-likeness (QED) is 0.906. The number of benzene rings is 1. The molecule has 2 heterocycles. The van der Waals surface area contributed by atoms with Crippen molar-refractivity contribution in [1.29, 1.82) is 0 Å². The Morgan fingerprint density at radius 3 is 2.52 bits per heavy atom. The first-order valence-corrected chi connectivity index (χ1v) is 7.81. The Hall–Kier alpha value is -2.77. The molecule has 1 aromatic carbocycles. The van der Waals surface area contributed by atoms with Crippen molar-refractivity contribution < 1.29 is 18.4 Å². The lowest BCUT2D eigenvalue weighted by atomic mass is 9.96. The van der Waals surface area contributed by atoms with Crippen LogP contribution >= 0.6 is 0 Å². The Morgan fingerprint density at radius 1 is 1.28 bits per heavy atom. The van der Waals surface area contributed by atoms with Gasteiger partial charge in [-0.25, -0.2) is 8.78 Å². The summed E-state index contributed by atoms with van der Waals surface area (Å²) < 4.78 is 28.8. The molecule has 0 fully saturated rings. The summed E-state index contributed by atoms with van der Waals surface area (Å²) in [6.45, 7) is 5.12. The molecule has 25 heavy (non-hydrogen) atoms. The van der Waals surface area contributed by atoms with Gasteiger partial charge in [0.25, 0.3) is 0 Å². The van der Waals surface area contributed by atoms with Crippen molar-refractivity contribution in [3.8, 4) is 0 Å². The maximum absolute atomic E-state index is 13.7. The average molecular weight is 348 g/mol. The number of hydrogen-bond acceptors (Lipinski definition) is 3. The van der Waals surface area contributed by atoms with E-state index in [-0.39, 0.29) is 23.8 Å². The number of aryl methyl sites for hydroxylation is 2. The van der Waals surface area contributed by atoms with Crippen LogP contribution in [0.1, 0.15) is 29.8 Å². The summed E-state index contributed by atoms with van der Waals surface area (Å²) in [5.74, 6) is -3.57. The van der Waals surface area contributed by atoms with Crippen LogP contribution in [0.15, 0.2) is 12.1 Å². The van der Waals surface area contributed by atoms with Crippen LogP contribution in [-0.4, -0.2) is 28.1 Å². The van der Waals surface area contributed by atoms with E-state index in [0.717, 1.165) is 23.4 Å². The van der Waals surface area contributed by atoms with Crippen molar-refractivity contribution in [3.63, 3.8) is 0 Å². The molecule has 0 spiro atoms. The summed E-state index contributed by atoms with van der Waals surface area (Å²) in [5, 5.41) is 6.76. The first-order chi connectivity index (χ1) is 11.7. The average Bonchev–Trinajstić information content (AvgIpc) is 2.79. The Balaban J connectivity index is 2.03. The van der Waals surface area contributed by atoms with Gasteiger partial charge in [0.1, 0.15) is 6.54 Å². The number of hydrogen-bond donors (Lipinski definition) is 1. The largest absolute Gasteiger partial charge is 0.323 e. The Morgan fingerprint density at radius 2 is 1.92 bits per heavy atom. The fourth-order valence-corrected chi connectivity index (χ4v) is 3.25. The van der Waals surface area contributed by atoms with Crippen molar-refractivity contribution in [2.75, 3.05) is 16.8 Å². The molecule has 1 aliphatic heterocycles. The molecule has 0 aliphatic carbocycles. The van der Waals surface area contributed by atoms with Gasteiger partial charge in [0.15, 0.2) is 11.6 Å². The predicted octanol–water partition coefficient (Wildman–Crippen LogP) is 2.40. The van der Waals surface area contributed by atoms with Gasteiger partial charge in [-0.1, -0.05) is 0 Å². The lowest BCUT2D eigenvalue weighted by molar-refractivity contribution is -0.122. The molecule has 6 nitrogen and oxygen atoms in total. The molecule has 2 amide bonds. The first kappa shape index (κ1) is 17.1. The van der Waals surface area contributed by atoms with E-state index in [1.54, 1.807) is 25.6 Å². The normalized spacial score (nSPS) is 15.0. The lowest BCUT2D eigenvalue weighted by Gasteiger charge is -2.31. The highest BCUT2D eigenvalue weighted by molar-refractivity contribution is 6.11. The van der Waals surface area contributed by atoms with Gasteiger partial charge in [-0.15, -0.1) is 0 Å². The summed E-state index contributed by atoms with van der Waals surface area (Å²) in [6.07, 6.45) is 0. The highest BCUT2D eigenvalue weighted by Crippen LogP contribution is 2.34. The maximum atomic E-state index is 13.7. The molecular formula is C17H18F2N4O2. The zero-order valence-corrected chi connectivity index (χ0v) is 14.4. The van der Waals surface area contributed by atoms with E-state index in [4.69, 9.17) is 0 Å². The van der Waals surface area contributed by atoms with Gasteiger partial charge < -0.3 is 10.2 Å². The van der Waals surface area contributed by atoms with Gasteiger partial charge in [0.2, 0.25) is 11.8 Å². The third kappa shape index (κ3) is 2.77. The Bertz CT molecular complexity index is 891. The Labute approximate surface area is 143 Å². The molecule has 1 aromatic heterocycles. The second-order valence-electron chi connectivity index (χ2n) is 6.19.